The van der Waals surface area contributed by atoms with Gasteiger partial charge in [0.1, 0.15) is 23.5 Å². The summed E-state index contributed by atoms with van der Waals surface area (Å²) in [6.07, 6.45) is 3.32. The van der Waals surface area contributed by atoms with Crippen LogP contribution in [0.2, 0.25) is 0 Å². The number of methoxy groups -OCH3 is 1. The van der Waals surface area contributed by atoms with E-state index in [1.165, 1.54) is 0 Å². The van der Waals surface area contributed by atoms with Crippen molar-refractivity contribution < 1.29 is 13.9 Å². The van der Waals surface area contributed by atoms with Crippen LogP contribution in [0.5, 0.6) is 5.75 Å². The average Bonchev–Trinajstić information content (AvgIpc) is 3.17. The van der Waals surface area contributed by atoms with Crippen molar-refractivity contribution in [2.75, 3.05) is 43.6 Å². The maximum Gasteiger partial charge on any atom is 0.300 e. The zero-order valence-electron chi connectivity index (χ0n) is 14.4. The molecule has 8 heteroatoms. The molecule has 0 saturated carbocycles. The first-order valence-electron chi connectivity index (χ1n) is 8.34. The Morgan fingerprint density at radius 2 is 1.88 bits per heavy atom. The monoisotopic (exact) mass is 353 g/mol. The molecule has 1 aliphatic heterocycles. The average molecular weight is 353 g/mol. The van der Waals surface area contributed by atoms with Gasteiger partial charge in [-0.25, -0.2) is 4.98 Å². The molecule has 0 aliphatic carbocycles. The Labute approximate surface area is 150 Å². The van der Waals surface area contributed by atoms with Crippen LogP contribution >= 0.6 is 0 Å². The molecule has 1 aromatic carbocycles. The van der Waals surface area contributed by atoms with Crippen LogP contribution in [0, 0.1) is 0 Å². The van der Waals surface area contributed by atoms with Gasteiger partial charge in [-0.15, -0.1) is 0 Å². The Hall–Kier alpha value is -3.13. The summed E-state index contributed by atoms with van der Waals surface area (Å²) in [4.78, 5) is 15.4. The number of benzene rings is 1. The summed E-state index contributed by atoms with van der Waals surface area (Å²) in [6, 6.07) is 9.79. The molecule has 134 valence electrons. The van der Waals surface area contributed by atoms with E-state index >= 15 is 0 Å². The number of rotatable bonds is 5. The van der Waals surface area contributed by atoms with Gasteiger partial charge in [-0.2, -0.15) is 9.97 Å². The fourth-order valence-corrected chi connectivity index (χ4v) is 2.67. The molecule has 4 rings (SSSR count). The summed E-state index contributed by atoms with van der Waals surface area (Å²) in [7, 11) is 1.64. The predicted octanol–water partition coefficient (Wildman–Crippen LogP) is 2.72. The van der Waals surface area contributed by atoms with Crippen LogP contribution in [0.3, 0.4) is 0 Å². The van der Waals surface area contributed by atoms with Gasteiger partial charge in [-0.05, 0) is 30.3 Å². The van der Waals surface area contributed by atoms with Gasteiger partial charge >= 0.3 is 6.01 Å². The summed E-state index contributed by atoms with van der Waals surface area (Å²) < 4.78 is 16.0. The summed E-state index contributed by atoms with van der Waals surface area (Å²) in [5.74, 6) is 2.09. The Bertz CT molecular complexity index is 859. The highest BCUT2D eigenvalue weighted by molar-refractivity contribution is 5.61. The van der Waals surface area contributed by atoms with E-state index < -0.39 is 0 Å². The third kappa shape index (κ3) is 3.60. The van der Waals surface area contributed by atoms with E-state index in [-0.39, 0.29) is 0 Å². The van der Waals surface area contributed by atoms with Gasteiger partial charge in [-0.1, -0.05) is 0 Å². The number of anilines is 3. The highest BCUT2D eigenvalue weighted by atomic mass is 16.5. The fraction of sp³-hybridized carbons (Fsp3) is 0.278. The molecule has 26 heavy (non-hydrogen) atoms. The molecule has 0 amide bonds. The van der Waals surface area contributed by atoms with Crippen molar-refractivity contribution in [1.29, 1.82) is 0 Å². The fourth-order valence-electron chi connectivity index (χ4n) is 2.67. The quantitative estimate of drug-likeness (QED) is 0.749. The van der Waals surface area contributed by atoms with E-state index in [4.69, 9.17) is 13.9 Å². The molecule has 8 nitrogen and oxygen atoms in total. The molecule has 0 atom stereocenters. The maximum atomic E-state index is 5.52. The Morgan fingerprint density at radius 1 is 1.08 bits per heavy atom. The molecule has 1 saturated heterocycles. The van der Waals surface area contributed by atoms with Crippen LogP contribution in [-0.2, 0) is 4.74 Å². The Kier molecular flexibility index (Phi) is 4.65. The molecule has 3 heterocycles. The highest BCUT2D eigenvalue weighted by Crippen LogP contribution is 2.24. The van der Waals surface area contributed by atoms with Crippen molar-refractivity contribution in [2.24, 2.45) is 0 Å². The molecule has 0 bridgehead atoms. The standard InChI is InChI=1S/C18H19N5O3/c1-24-14-4-2-13(3-5-14)15-12-26-18(20-15)22-16-6-7-19-17(21-16)23-8-10-25-11-9-23/h2-7,12H,8-11H2,1H3,(H,19,20,21,22). The van der Waals surface area contributed by atoms with Crippen molar-refractivity contribution >= 4 is 17.8 Å². The number of hydrogen-bond acceptors (Lipinski definition) is 8. The van der Waals surface area contributed by atoms with E-state index in [1.807, 2.05) is 24.3 Å². The minimum absolute atomic E-state index is 0.377. The minimum Gasteiger partial charge on any atom is -0.497 e. The lowest BCUT2D eigenvalue weighted by Crippen LogP contribution is -2.37. The van der Waals surface area contributed by atoms with Crippen molar-refractivity contribution in [3.63, 3.8) is 0 Å². The highest BCUT2D eigenvalue weighted by Gasteiger charge is 2.14. The molecule has 0 radical (unpaired) electrons. The van der Waals surface area contributed by atoms with Crippen LogP contribution in [0.15, 0.2) is 47.2 Å². The second kappa shape index (κ2) is 7.40. The number of hydrogen-bond donors (Lipinski definition) is 1. The first-order valence-corrected chi connectivity index (χ1v) is 8.34. The van der Waals surface area contributed by atoms with Crippen molar-refractivity contribution in [3.05, 3.63) is 42.8 Å². The molecular formula is C18H19N5O3. The zero-order valence-corrected chi connectivity index (χ0v) is 14.4. The van der Waals surface area contributed by atoms with Crippen LogP contribution < -0.4 is 15.0 Å². The summed E-state index contributed by atoms with van der Waals surface area (Å²) in [5, 5.41) is 3.08. The SMILES string of the molecule is COc1ccc(-c2coc(Nc3ccnc(N4CCOCC4)n3)n2)cc1. The third-order valence-electron chi connectivity index (χ3n) is 4.06. The van der Waals surface area contributed by atoms with Crippen molar-refractivity contribution in [2.45, 2.75) is 0 Å². The van der Waals surface area contributed by atoms with E-state index in [0.29, 0.717) is 31.0 Å². The van der Waals surface area contributed by atoms with E-state index in [2.05, 4.69) is 25.2 Å². The first kappa shape index (κ1) is 16.3. The van der Waals surface area contributed by atoms with Gasteiger partial charge < -0.3 is 18.8 Å². The van der Waals surface area contributed by atoms with Gasteiger partial charge in [0.25, 0.3) is 0 Å². The molecular weight excluding hydrogens is 334 g/mol. The molecule has 0 spiro atoms. The number of aromatic nitrogens is 3. The second-order valence-electron chi connectivity index (χ2n) is 5.73. The largest absolute Gasteiger partial charge is 0.497 e. The molecule has 1 fully saturated rings. The summed E-state index contributed by atoms with van der Waals surface area (Å²) >= 11 is 0. The maximum absolute atomic E-state index is 5.52. The summed E-state index contributed by atoms with van der Waals surface area (Å²) in [5.41, 5.74) is 1.68. The van der Waals surface area contributed by atoms with Crippen molar-refractivity contribution in [3.8, 4) is 17.0 Å². The Balaban J connectivity index is 1.48. The first-order chi connectivity index (χ1) is 12.8. The predicted molar refractivity (Wildman–Crippen MR) is 96.8 cm³/mol. The molecule has 2 aromatic heterocycles. The van der Waals surface area contributed by atoms with Crippen molar-refractivity contribution in [1.82, 2.24) is 15.0 Å². The van der Waals surface area contributed by atoms with Gasteiger partial charge in [0.05, 0.1) is 20.3 Å². The molecule has 0 unspecified atom stereocenters. The molecule has 1 N–H and O–H groups in total. The zero-order chi connectivity index (χ0) is 17.8. The third-order valence-corrected chi connectivity index (χ3v) is 4.06. The van der Waals surface area contributed by atoms with Gasteiger partial charge in [-0.3, -0.25) is 5.32 Å². The van der Waals surface area contributed by atoms with Crippen LogP contribution in [0.25, 0.3) is 11.3 Å². The van der Waals surface area contributed by atoms with Gasteiger partial charge in [0.15, 0.2) is 0 Å². The van der Waals surface area contributed by atoms with Gasteiger partial charge in [0, 0.05) is 24.8 Å². The number of ether oxygens (including phenoxy) is 2. The lowest BCUT2D eigenvalue weighted by atomic mass is 10.2. The van der Waals surface area contributed by atoms with Crippen LogP contribution in [-0.4, -0.2) is 48.4 Å². The van der Waals surface area contributed by atoms with E-state index in [1.54, 1.807) is 25.6 Å². The van der Waals surface area contributed by atoms with Gasteiger partial charge in [0.2, 0.25) is 5.95 Å². The summed E-state index contributed by atoms with van der Waals surface area (Å²) in [6.45, 7) is 2.94. The van der Waals surface area contributed by atoms with Crippen LogP contribution in [0.1, 0.15) is 0 Å². The molecule has 1 aliphatic rings. The normalized spacial score (nSPS) is 14.3. The lowest BCUT2D eigenvalue weighted by molar-refractivity contribution is 0.122. The second-order valence-corrected chi connectivity index (χ2v) is 5.73. The van der Waals surface area contributed by atoms with E-state index in [9.17, 15) is 0 Å². The van der Waals surface area contributed by atoms with Crippen LogP contribution in [0.4, 0.5) is 17.8 Å². The number of morpholine rings is 1. The minimum atomic E-state index is 0.377. The lowest BCUT2D eigenvalue weighted by Gasteiger charge is -2.26. The number of nitrogens with one attached hydrogen (secondary N) is 1. The topological polar surface area (TPSA) is 85.5 Å². The Morgan fingerprint density at radius 3 is 2.65 bits per heavy atom. The van der Waals surface area contributed by atoms with E-state index in [0.717, 1.165) is 30.1 Å². The number of oxazole rings is 1. The molecule has 3 aromatic rings. The smallest absolute Gasteiger partial charge is 0.300 e. The number of nitrogens with zero attached hydrogens (tertiary/aromatic N) is 4.